The number of hydrogen-bond donors (Lipinski definition) is 1. The molecule has 0 amide bonds. The number of halogens is 2. The number of carboxylic acid groups (broad SMARTS) is 1. The molecule has 5 heterocycles. The quantitative estimate of drug-likeness (QED) is 0.134. The summed E-state index contributed by atoms with van der Waals surface area (Å²) in [7, 11) is 0. The van der Waals surface area contributed by atoms with Gasteiger partial charge in [0.05, 0.1) is 27.0 Å². The van der Waals surface area contributed by atoms with Gasteiger partial charge in [0.25, 0.3) is 0 Å². The number of hydrogen-bond acceptors (Lipinski definition) is 11. The lowest BCUT2D eigenvalue weighted by Crippen LogP contribution is -2.30. The van der Waals surface area contributed by atoms with Crippen molar-refractivity contribution in [2.24, 2.45) is 0 Å². The van der Waals surface area contributed by atoms with Gasteiger partial charge in [-0.1, -0.05) is 12.1 Å². The number of rotatable bonds is 12. The first-order valence-corrected chi connectivity index (χ1v) is 18.0. The van der Waals surface area contributed by atoms with E-state index in [1.807, 2.05) is 13.0 Å². The third kappa shape index (κ3) is 7.73. The Bertz CT molecular complexity index is 1980. The van der Waals surface area contributed by atoms with Gasteiger partial charge in [-0.3, -0.25) is 0 Å². The molecule has 11 nitrogen and oxygen atoms in total. The number of carbonyl (C=O) groups is 1. The predicted molar refractivity (Wildman–Crippen MR) is 186 cm³/mol. The maximum atomic E-state index is 13.6. The second-order valence-electron chi connectivity index (χ2n) is 12.1. The standard InChI is InChI=1S/C36H34BrFN4O7S/c1-20-15-27(47-18-24-11-12-39-33(42-24)25-5-4-14-45-25)22(16-26(20)48-29-6-2-3-13-46-29)17-28(36(43)44)49-34-30-31(37)32(50-35(30)41-19-40-34)21-7-9-23(38)10-8-21/h7-12,15-16,19,25,28-29H,2-6,13-14,17-18H2,1H3,(H,43,44). The number of nitrogens with zero attached hydrogens (tertiary/aromatic N) is 4. The van der Waals surface area contributed by atoms with Gasteiger partial charge in [0, 0.05) is 31.2 Å². The summed E-state index contributed by atoms with van der Waals surface area (Å²) in [4.78, 5) is 31.9. The Balaban J connectivity index is 1.18. The third-order valence-corrected chi connectivity index (χ3v) is 10.7. The summed E-state index contributed by atoms with van der Waals surface area (Å²) >= 11 is 5.00. The molecule has 3 aromatic heterocycles. The van der Waals surface area contributed by atoms with Gasteiger partial charge in [0.2, 0.25) is 12.0 Å². The summed E-state index contributed by atoms with van der Waals surface area (Å²) in [6.07, 6.45) is 5.62. The molecule has 3 atom stereocenters. The zero-order chi connectivity index (χ0) is 34.6. The van der Waals surface area contributed by atoms with E-state index < -0.39 is 18.4 Å². The van der Waals surface area contributed by atoms with E-state index >= 15 is 0 Å². The molecule has 2 aliphatic rings. The number of aromatic nitrogens is 4. The fraction of sp³-hybridized carbons (Fsp3) is 0.361. The predicted octanol–water partition coefficient (Wildman–Crippen LogP) is 7.77. The van der Waals surface area contributed by atoms with Gasteiger partial charge in [-0.2, -0.15) is 0 Å². The second kappa shape index (κ2) is 15.3. The second-order valence-corrected chi connectivity index (χ2v) is 13.9. The largest absolute Gasteiger partial charge is 0.487 e. The SMILES string of the molecule is Cc1cc(OCc2ccnc(C3CCCO3)n2)c(CC(Oc2ncnc3sc(-c4ccc(F)cc4)c(Br)c23)C(=O)O)cc1OC1CCCCO1. The Hall–Kier alpha value is -4.24. The lowest BCUT2D eigenvalue weighted by Gasteiger charge is -2.25. The Morgan fingerprint density at radius 3 is 2.66 bits per heavy atom. The summed E-state index contributed by atoms with van der Waals surface area (Å²) in [5, 5.41) is 11.0. The molecular formula is C36H34BrFN4O7S. The van der Waals surface area contributed by atoms with Crippen LogP contribution < -0.4 is 14.2 Å². The minimum atomic E-state index is -1.36. The molecule has 0 aliphatic carbocycles. The molecule has 7 rings (SSSR count). The van der Waals surface area contributed by atoms with Crippen molar-refractivity contribution in [3.63, 3.8) is 0 Å². The molecular weight excluding hydrogens is 731 g/mol. The molecule has 0 bridgehead atoms. The van der Waals surface area contributed by atoms with Crippen molar-refractivity contribution in [1.82, 2.24) is 19.9 Å². The topological polar surface area (TPSA) is 135 Å². The van der Waals surface area contributed by atoms with E-state index in [0.29, 0.717) is 56.5 Å². The molecule has 5 aromatic rings. The van der Waals surface area contributed by atoms with E-state index in [0.717, 1.165) is 48.1 Å². The number of ether oxygens (including phenoxy) is 5. The van der Waals surface area contributed by atoms with Gasteiger partial charge in [0.1, 0.15) is 41.2 Å². The minimum absolute atomic E-state index is 0.0736. The highest BCUT2D eigenvalue weighted by atomic mass is 79.9. The van der Waals surface area contributed by atoms with Crippen molar-refractivity contribution < 1.29 is 38.0 Å². The number of fused-ring (bicyclic) bond motifs is 1. The van der Waals surface area contributed by atoms with Crippen molar-refractivity contribution in [2.75, 3.05) is 13.2 Å². The Kier molecular flexibility index (Phi) is 10.5. The van der Waals surface area contributed by atoms with Crippen molar-refractivity contribution in [1.29, 1.82) is 0 Å². The maximum Gasteiger partial charge on any atom is 0.345 e. The third-order valence-electron chi connectivity index (χ3n) is 8.52. The molecule has 50 heavy (non-hydrogen) atoms. The Morgan fingerprint density at radius 2 is 1.90 bits per heavy atom. The number of carboxylic acids is 1. The first kappa shape index (κ1) is 34.2. The Labute approximate surface area is 299 Å². The molecule has 260 valence electrons. The molecule has 14 heteroatoms. The average molecular weight is 766 g/mol. The van der Waals surface area contributed by atoms with E-state index in [1.54, 1.807) is 30.5 Å². The van der Waals surface area contributed by atoms with Crippen LogP contribution in [0.2, 0.25) is 0 Å². The highest BCUT2D eigenvalue weighted by molar-refractivity contribution is 9.10. The van der Waals surface area contributed by atoms with Gasteiger partial charge >= 0.3 is 5.97 Å². The summed E-state index contributed by atoms with van der Waals surface area (Å²) in [5.41, 5.74) is 2.80. The average Bonchev–Trinajstić information content (AvgIpc) is 3.79. The van der Waals surface area contributed by atoms with Crippen molar-refractivity contribution >= 4 is 43.5 Å². The van der Waals surface area contributed by atoms with Crippen LogP contribution in [-0.4, -0.2) is 56.6 Å². The van der Waals surface area contributed by atoms with Crippen LogP contribution >= 0.6 is 27.3 Å². The number of aliphatic carboxylic acids is 1. The summed E-state index contributed by atoms with van der Waals surface area (Å²) in [6, 6.07) is 11.5. The maximum absolute atomic E-state index is 13.6. The van der Waals surface area contributed by atoms with Crippen LogP contribution in [0, 0.1) is 12.7 Å². The van der Waals surface area contributed by atoms with Crippen LogP contribution in [0.25, 0.3) is 20.7 Å². The van der Waals surface area contributed by atoms with Gasteiger partial charge in [-0.25, -0.2) is 29.1 Å². The first-order chi connectivity index (χ1) is 24.3. The van der Waals surface area contributed by atoms with E-state index in [1.165, 1.54) is 29.8 Å². The van der Waals surface area contributed by atoms with Crippen LogP contribution in [0.4, 0.5) is 4.39 Å². The lowest BCUT2D eigenvalue weighted by atomic mass is 10.0. The zero-order valence-corrected chi connectivity index (χ0v) is 29.5. The van der Waals surface area contributed by atoms with Crippen LogP contribution in [0.15, 0.2) is 59.5 Å². The van der Waals surface area contributed by atoms with E-state index in [2.05, 4.69) is 35.9 Å². The van der Waals surface area contributed by atoms with Crippen LogP contribution in [0.3, 0.4) is 0 Å². The molecule has 3 unspecified atom stereocenters. The molecule has 2 fully saturated rings. The summed E-state index contributed by atoms with van der Waals surface area (Å²) < 4.78 is 44.6. The fourth-order valence-electron chi connectivity index (χ4n) is 5.92. The number of aryl methyl sites for hydroxylation is 1. The summed E-state index contributed by atoms with van der Waals surface area (Å²) in [5.74, 6) is 0.217. The molecule has 2 aliphatic heterocycles. The minimum Gasteiger partial charge on any atom is -0.487 e. The van der Waals surface area contributed by atoms with Crippen LogP contribution in [0.1, 0.15) is 60.9 Å². The number of thiophene rings is 1. The highest BCUT2D eigenvalue weighted by Gasteiger charge is 2.28. The van der Waals surface area contributed by atoms with Gasteiger partial charge in [-0.05, 0) is 90.0 Å². The van der Waals surface area contributed by atoms with Gasteiger partial charge in [0.15, 0.2) is 12.1 Å². The molecule has 2 saturated heterocycles. The van der Waals surface area contributed by atoms with Gasteiger partial charge in [-0.15, -0.1) is 11.3 Å². The highest BCUT2D eigenvalue weighted by Crippen LogP contribution is 2.44. The van der Waals surface area contributed by atoms with Crippen molar-refractivity contribution in [3.05, 3.63) is 87.9 Å². The van der Waals surface area contributed by atoms with Gasteiger partial charge < -0.3 is 28.8 Å². The number of benzene rings is 2. The van der Waals surface area contributed by atoms with E-state index in [-0.39, 0.29) is 30.8 Å². The van der Waals surface area contributed by atoms with Crippen molar-refractivity contribution in [3.8, 4) is 27.8 Å². The molecule has 1 N–H and O–H groups in total. The zero-order valence-electron chi connectivity index (χ0n) is 27.1. The summed E-state index contributed by atoms with van der Waals surface area (Å²) in [6.45, 7) is 3.34. The normalized spacial score (nSPS) is 18.2. The molecule has 0 spiro atoms. The monoisotopic (exact) mass is 764 g/mol. The van der Waals surface area contributed by atoms with Crippen LogP contribution in [0.5, 0.6) is 17.4 Å². The van der Waals surface area contributed by atoms with E-state index in [9.17, 15) is 14.3 Å². The Morgan fingerprint density at radius 1 is 1.06 bits per heavy atom. The molecule has 0 radical (unpaired) electrons. The lowest BCUT2D eigenvalue weighted by molar-refractivity contribution is -0.145. The fourth-order valence-corrected chi connectivity index (χ4v) is 7.91. The molecule has 2 aromatic carbocycles. The first-order valence-electron chi connectivity index (χ1n) is 16.4. The molecule has 0 saturated carbocycles. The van der Waals surface area contributed by atoms with Crippen molar-refractivity contribution in [2.45, 2.75) is 70.6 Å². The van der Waals surface area contributed by atoms with Crippen LogP contribution in [-0.2, 0) is 27.3 Å². The smallest absolute Gasteiger partial charge is 0.345 e. The van der Waals surface area contributed by atoms with E-state index in [4.69, 9.17) is 23.7 Å².